The van der Waals surface area contributed by atoms with E-state index in [1.807, 2.05) is 19.1 Å². The minimum absolute atomic E-state index is 0.143. The number of urea groups is 1. The summed E-state index contributed by atoms with van der Waals surface area (Å²) < 4.78 is 5.42. The molecule has 0 saturated carbocycles. The second kappa shape index (κ2) is 10.6. The first-order valence-corrected chi connectivity index (χ1v) is 10.6. The fourth-order valence-corrected chi connectivity index (χ4v) is 3.59. The molecule has 3 rings (SSSR count). The van der Waals surface area contributed by atoms with Gasteiger partial charge in [0.25, 0.3) is 0 Å². The van der Waals surface area contributed by atoms with Crippen molar-refractivity contribution in [3.05, 3.63) is 24.3 Å². The monoisotopic (exact) mass is 389 g/mol. The first-order chi connectivity index (χ1) is 13.6. The molecule has 0 aromatic heterocycles. The van der Waals surface area contributed by atoms with Crippen LogP contribution in [0.5, 0.6) is 0 Å². The third-order valence-electron chi connectivity index (χ3n) is 5.69. The average molecular weight is 390 g/mol. The van der Waals surface area contributed by atoms with Crippen LogP contribution in [0.25, 0.3) is 0 Å². The van der Waals surface area contributed by atoms with E-state index in [4.69, 9.17) is 4.74 Å². The van der Waals surface area contributed by atoms with E-state index in [1.165, 1.54) is 5.69 Å². The van der Waals surface area contributed by atoms with Gasteiger partial charge >= 0.3 is 6.03 Å². The van der Waals surface area contributed by atoms with Crippen LogP contribution >= 0.6 is 0 Å². The van der Waals surface area contributed by atoms with Crippen LogP contribution in [-0.2, 0) is 4.74 Å². The van der Waals surface area contributed by atoms with Crippen LogP contribution in [-0.4, -0.2) is 87.4 Å². The van der Waals surface area contributed by atoms with Crippen molar-refractivity contribution >= 4 is 17.4 Å². The van der Waals surface area contributed by atoms with Gasteiger partial charge in [-0.1, -0.05) is 6.92 Å². The number of amides is 2. The van der Waals surface area contributed by atoms with E-state index in [1.54, 1.807) is 0 Å². The van der Waals surface area contributed by atoms with Crippen LogP contribution in [0.15, 0.2) is 24.3 Å². The summed E-state index contributed by atoms with van der Waals surface area (Å²) in [5.74, 6) is 0. The highest BCUT2D eigenvalue weighted by Gasteiger charge is 2.18. The highest BCUT2D eigenvalue weighted by molar-refractivity contribution is 5.89. The van der Waals surface area contributed by atoms with E-state index in [0.29, 0.717) is 0 Å². The Labute approximate surface area is 169 Å². The number of nitrogens with zero attached hydrogens (tertiary/aromatic N) is 3. The number of anilines is 2. The smallest absolute Gasteiger partial charge is 0.319 e. The Hall–Kier alpha value is -1.83. The largest absolute Gasteiger partial charge is 0.379 e. The van der Waals surface area contributed by atoms with Gasteiger partial charge in [-0.2, -0.15) is 0 Å². The maximum absolute atomic E-state index is 11.9. The lowest BCUT2D eigenvalue weighted by Crippen LogP contribution is -2.49. The van der Waals surface area contributed by atoms with E-state index in [2.05, 4.69) is 44.4 Å². The molecule has 2 saturated heterocycles. The summed E-state index contributed by atoms with van der Waals surface area (Å²) in [4.78, 5) is 19.4. The Balaban J connectivity index is 1.39. The Morgan fingerprint density at radius 3 is 2.21 bits per heavy atom. The summed E-state index contributed by atoms with van der Waals surface area (Å²) in [5, 5.41) is 5.82. The molecule has 2 heterocycles. The summed E-state index contributed by atoms with van der Waals surface area (Å²) in [5.41, 5.74) is 2.05. The van der Waals surface area contributed by atoms with Crippen LogP contribution in [0.1, 0.15) is 20.3 Å². The van der Waals surface area contributed by atoms with Crippen LogP contribution in [0.4, 0.5) is 16.2 Å². The molecule has 2 aliphatic rings. The lowest BCUT2D eigenvalue weighted by molar-refractivity contribution is 0.0331. The SMILES string of the molecule is CCC(C)NC(=O)Nc1ccc(N2CCN(CCN3CCOCC3)CC2)cc1. The minimum Gasteiger partial charge on any atom is -0.379 e. The van der Waals surface area contributed by atoms with Gasteiger partial charge in [-0.3, -0.25) is 9.80 Å². The van der Waals surface area contributed by atoms with Crippen molar-refractivity contribution in [1.29, 1.82) is 0 Å². The van der Waals surface area contributed by atoms with Gasteiger partial charge in [-0.15, -0.1) is 0 Å². The van der Waals surface area contributed by atoms with Crippen molar-refractivity contribution in [3.63, 3.8) is 0 Å². The molecule has 2 fully saturated rings. The Kier molecular flexibility index (Phi) is 7.94. The van der Waals surface area contributed by atoms with Gasteiger partial charge in [-0.05, 0) is 37.6 Å². The molecule has 1 atom stereocenters. The van der Waals surface area contributed by atoms with E-state index in [-0.39, 0.29) is 12.1 Å². The molecular formula is C21H35N5O2. The van der Waals surface area contributed by atoms with Gasteiger partial charge in [0.1, 0.15) is 0 Å². The van der Waals surface area contributed by atoms with Gasteiger partial charge in [-0.25, -0.2) is 4.79 Å². The molecule has 7 heteroatoms. The summed E-state index contributed by atoms with van der Waals surface area (Å²) >= 11 is 0. The quantitative estimate of drug-likeness (QED) is 0.748. The van der Waals surface area contributed by atoms with Gasteiger partial charge < -0.3 is 20.3 Å². The van der Waals surface area contributed by atoms with Crippen LogP contribution < -0.4 is 15.5 Å². The number of hydrogen-bond acceptors (Lipinski definition) is 5. The highest BCUT2D eigenvalue weighted by atomic mass is 16.5. The third kappa shape index (κ3) is 6.36. The average Bonchev–Trinajstić information content (AvgIpc) is 2.74. The molecule has 2 aliphatic heterocycles. The van der Waals surface area contributed by atoms with Crippen molar-refractivity contribution in [3.8, 4) is 0 Å². The molecule has 7 nitrogen and oxygen atoms in total. The van der Waals surface area contributed by atoms with Crippen molar-refractivity contribution in [2.75, 3.05) is 75.8 Å². The molecule has 2 amide bonds. The van der Waals surface area contributed by atoms with Gasteiger partial charge in [0.2, 0.25) is 0 Å². The molecule has 1 aromatic rings. The predicted octanol–water partition coefficient (Wildman–Crippen LogP) is 2.06. The standard InChI is InChI=1S/C21H35N5O2/c1-3-18(2)22-21(27)23-19-4-6-20(7-5-19)26-12-10-24(11-13-26)8-9-25-14-16-28-17-15-25/h4-7,18H,3,8-17H2,1-2H3,(H2,22,23,27). The Morgan fingerprint density at radius 2 is 1.61 bits per heavy atom. The van der Waals surface area contributed by atoms with Crippen molar-refractivity contribution in [1.82, 2.24) is 15.1 Å². The lowest BCUT2D eigenvalue weighted by Gasteiger charge is -2.37. The number of piperazine rings is 1. The number of carbonyl (C=O) groups excluding carboxylic acids is 1. The minimum atomic E-state index is -0.143. The number of nitrogens with one attached hydrogen (secondary N) is 2. The molecule has 1 unspecified atom stereocenters. The number of rotatable bonds is 7. The summed E-state index contributed by atoms with van der Waals surface area (Å²) in [6.45, 7) is 14.5. The van der Waals surface area contributed by atoms with Crippen LogP contribution in [0, 0.1) is 0 Å². The Bertz CT molecular complexity index is 595. The number of hydrogen-bond donors (Lipinski definition) is 2. The van der Waals surface area contributed by atoms with Gasteiger partial charge in [0.05, 0.1) is 13.2 Å². The predicted molar refractivity (Wildman–Crippen MR) is 114 cm³/mol. The zero-order valence-electron chi connectivity index (χ0n) is 17.3. The molecule has 1 aromatic carbocycles. The molecule has 0 spiro atoms. The third-order valence-corrected chi connectivity index (χ3v) is 5.69. The lowest BCUT2D eigenvalue weighted by atomic mass is 10.2. The van der Waals surface area contributed by atoms with E-state index in [0.717, 1.165) is 77.7 Å². The molecule has 0 radical (unpaired) electrons. The first-order valence-electron chi connectivity index (χ1n) is 10.6. The van der Waals surface area contributed by atoms with Gasteiger partial charge in [0.15, 0.2) is 0 Å². The normalized spacial score (nSPS) is 20.0. The summed E-state index contributed by atoms with van der Waals surface area (Å²) in [7, 11) is 0. The fraction of sp³-hybridized carbons (Fsp3) is 0.667. The molecule has 28 heavy (non-hydrogen) atoms. The highest BCUT2D eigenvalue weighted by Crippen LogP contribution is 2.19. The maximum atomic E-state index is 11.9. The second-order valence-electron chi connectivity index (χ2n) is 7.74. The van der Waals surface area contributed by atoms with E-state index >= 15 is 0 Å². The van der Waals surface area contributed by atoms with E-state index < -0.39 is 0 Å². The Morgan fingerprint density at radius 1 is 1.00 bits per heavy atom. The first kappa shape index (κ1) is 20.9. The number of ether oxygens (including phenoxy) is 1. The van der Waals surface area contributed by atoms with E-state index in [9.17, 15) is 4.79 Å². The van der Waals surface area contributed by atoms with Crippen LogP contribution in [0.2, 0.25) is 0 Å². The second-order valence-corrected chi connectivity index (χ2v) is 7.74. The number of benzene rings is 1. The maximum Gasteiger partial charge on any atom is 0.319 e. The van der Waals surface area contributed by atoms with Crippen molar-refractivity contribution in [2.45, 2.75) is 26.3 Å². The number of carbonyl (C=O) groups is 1. The topological polar surface area (TPSA) is 60.1 Å². The molecule has 0 aliphatic carbocycles. The molecule has 2 N–H and O–H groups in total. The number of morpholine rings is 1. The zero-order valence-corrected chi connectivity index (χ0v) is 17.3. The molecule has 156 valence electrons. The molecular weight excluding hydrogens is 354 g/mol. The summed E-state index contributed by atoms with van der Waals surface area (Å²) in [6.07, 6.45) is 0.921. The van der Waals surface area contributed by atoms with Gasteiger partial charge in [0, 0.05) is 69.8 Å². The van der Waals surface area contributed by atoms with Crippen molar-refractivity contribution < 1.29 is 9.53 Å². The molecule has 0 bridgehead atoms. The zero-order chi connectivity index (χ0) is 19.8. The van der Waals surface area contributed by atoms with Crippen molar-refractivity contribution in [2.24, 2.45) is 0 Å². The van der Waals surface area contributed by atoms with Crippen LogP contribution in [0.3, 0.4) is 0 Å². The fourth-order valence-electron chi connectivity index (χ4n) is 3.59. The summed E-state index contributed by atoms with van der Waals surface area (Å²) in [6, 6.07) is 8.20.